The van der Waals surface area contributed by atoms with Gasteiger partial charge in [-0.1, -0.05) is 13.8 Å². The quantitative estimate of drug-likeness (QED) is 0.441. The fraction of sp³-hybridized carbons (Fsp3) is 0.500. The fourth-order valence-electron chi connectivity index (χ4n) is 0.309. The highest BCUT2D eigenvalue weighted by Crippen LogP contribution is 1.89. The minimum absolute atomic E-state index is 0.117. The number of nitrogens with two attached hydrogens (primary N) is 1. The molecule has 2 amide bonds. The Morgan fingerprint density at radius 2 is 2.09 bits per heavy atom. The third-order valence-electron chi connectivity index (χ3n) is 0.936. The van der Waals surface area contributed by atoms with E-state index in [1.165, 1.54) is 0 Å². The first-order valence-corrected chi connectivity index (χ1v) is 3.16. The van der Waals surface area contributed by atoms with Crippen LogP contribution in [0.1, 0.15) is 13.8 Å². The van der Waals surface area contributed by atoms with Crippen molar-refractivity contribution in [2.75, 3.05) is 0 Å². The number of rotatable bonds is 3. The number of hydrogen-bond acceptors (Lipinski definition) is 3. The average molecular weight is 157 g/mol. The third kappa shape index (κ3) is 5.07. The van der Waals surface area contributed by atoms with Gasteiger partial charge < -0.3 is 5.73 Å². The zero-order chi connectivity index (χ0) is 8.85. The molecule has 0 aromatic carbocycles. The van der Waals surface area contributed by atoms with Gasteiger partial charge in [0.15, 0.2) is 5.78 Å². The molecule has 5 nitrogen and oxygen atoms in total. The van der Waals surface area contributed by atoms with Gasteiger partial charge in [0.05, 0.1) is 6.21 Å². The maximum Gasteiger partial charge on any atom is 0.332 e. The summed E-state index contributed by atoms with van der Waals surface area (Å²) in [5.74, 6) is -0.271. The van der Waals surface area contributed by atoms with Crippen LogP contribution in [0.5, 0.6) is 0 Å². The Balaban J connectivity index is 3.75. The van der Waals surface area contributed by atoms with Crippen molar-refractivity contribution in [3.05, 3.63) is 0 Å². The lowest BCUT2D eigenvalue weighted by atomic mass is 10.1. The van der Waals surface area contributed by atoms with E-state index >= 15 is 0 Å². The Kier molecular flexibility index (Phi) is 3.87. The molecule has 0 unspecified atom stereocenters. The van der Waals surface area contributed by atoms with Crippen LogP contribution in [-0.2, 0) is 4.79 Å². The second-order valence-electron chi connectivity index (χ2n) is 2.29. The molecule has 0 rings (SSSR count). The number of nitrogens with one attached hydrogen (secondary N) is 1. The van der Waals surface area contributed by atoms with Crippen molar-refractivity contribution in [1.29, 1.82) is 0 Å². The lowest BCUT2D eigenvalue weighted by Gasteiger charge is -1.95. The van der Waals surface area contributed by atoms with Crippen LogP contribution in [-0.4, -0.2) is 18.0 Å². The second kappa shape index (κ2) is 4.43. The Hall–Kier alpha value is -1.39. The molecule has 3 N–H and O–H groups in total. The monoisotopic (exact) mass is 157 g/mol. The number of hydrazone groups is 1. The third-order valence-corrected chi connectivity index (χ3v) is 0.936. The van der Waals surface area contributed by atoms with Gasteiger partial charge in [-0.05, 0) is 0 Å². The predicted molar refractivity (Wildman–Crippen MR) is 41.1 cm³/mol. The van der Waals surface area contributed by atoms with E-state index < -0.39 is 6.03 Å². The molecule has 62 valence electrons. The Morgan fingerprint density at radius 1 is 1.55 bits per heavy atom. The highest BCUT2D eigenvalue weighted by molar-refractivity contribution is 6.28. The van der Waals surface area contributed by atoms with E-state index in [4.69, 9.17) is 0 Å². The molecule has 0 aliphatic heterocycles. The number of amides is 2. The van der Waals surface area contributed by atoms with Crippen LogP contribution < -0.4 is 11.2 Å². The van der Waals surface area contributed by atoms with E-state index in [0.717, 1.165) is 6.21 Å². The Bertz CT molecular complexity index is 186. The molecule has 0 bridgehead atoms. The van der Waals surface area contributed by atoms with Crippen molar-refractivity contribution < 1.29 is 9.59 Å². The summed E-state index contributed by atoms with van der Waals surface area (Å²) in [6.07, 6.45) is 1.04. The van der Waals surface area contributed by atoms with E-state index in [-0.39, 0.29) is 11.7 Å². The number of urea groups is 1. The van der Waals surface area contributed by atoms with Gasteiger partial charge in [-0.25, -0.2) is 10.2 Å². The van der Waals surface area contributed by atoms with Crippen molar-refractivity contribution in [3.8, 4) is 0 Å². The number of hydrogen-bond donors (Lipinski definition) is 2. The van der Waals surface area contributed by atoms with E-state index in [9.17, 15) is 9.59 Å². The van der Waals surface area contributed by atoms with Gasteiger partial charge in [0, 0.05) is 5.92 Å². The molecule has 0 aromatic heterocycles. The number of carbonyl (C=O) groups is 2. The lowest BCUT2D eigenvalue weighted by molar-refractivity contribution is -0.115. The number of nitrogens with zero attached hydrogens (tertiary/aromatic N) is 1. The summed E-state index contributed by atoms with van der Waals surface area (Å²) in [6, 6.07) is -0.780. The summed E-state index contributed by atoms with van der Waals surface area (Å²) in [4.78, 5) is 20.8. The minimum atomic E-state index is -0.780. The lowest BCUT2D eigenvalue weighted by Crippen LogP contribution is -2.25. The summed E-state index contributed by atoms with van der Waals surface area (Å²) < 4.78 is 0. The first-order valence-electron chi connectivity index (χ1n) is 3.16. The molecule has 5 heteroatoms. The zero-order valence-electron chi connectivity index (χ0n) is 6.50. The highest BCUT2D eigenvalue weighted by Gasteiger charge is 2.02. The molecule has 0 spiro atoms. The minimum Gasteiger partial charge on any atom is -0.350 e. The van der Waals surface area contributed by atoms with Gasteiger partial charge in [-0.15, -0.1) is 0 Å². The summed E-state index contributed by atoms with van der Waals surface area (Å²) in [7, 11) is 0. The van der Waals surface area contributed by atoms with Crippen LogP contribution in [0.4, 0.5) is 4.79 Å². The standard InChI is InChI=1S/C6H11N3O2/c1-4(2)5(10)3-8-9-6(7)11/h3-4H,1-2H3,(H3,7,9,11)/b8-3+. The molecule has 0 aromatic rings. The van der Waals surface area contributed by atoms with Gasteiger partial charge in [0.1, 0.15) is 0 Å². The van der Waals surface area contributed by atoms with Crippen molar-refractivity contribution >= 4 is 18.0 Å². The smallest absolute Gasteiger partial charge is 0.332 e. The Labute approximate surface area is 64.6 Å². The molecule has 0 aliphatic rings. The molecule has 0 saturated carbocycles. The molecule has 0 atom stereocenters. The van der Waals surface area contributed by atoms with Gasteiger partial charge in [-0.3, -0.25) is 4.79 Å². The van der Waals surface area contributed by atoms with Crippen LogP contribution in [0.25, 0.3) is 0 Å². The first kappa shape index (κ1) is 9.61. The van der Waals surface area contributed by atoms with Crippen molar-refractivity contribution in [3.63, 3.8) is 0 Å². The Morgan fingerprint density at radius 3 is 2.45 bits per heavy atom. The summed E-state index contributed by atoms with van der Waals surface area (Å²) in [5.41, 5.74) is 6.60. The largest absolute Gasteiger partial charge is 0.350 e. The number of Topliss-reactive ketones (excluding diaryl/α,β-unsaturated/α-hetero) is 1. The number of ketones is 1. The molecule has 0 fully saturated rings. The topological polar surface area (TPSA) is 84.6 Å². The van der Waals surface area contributed by atoms with Crippen LogP contribution in [0.15, 0.2) is 5.10 Å². The van der Waals surface area contributed by atoms with Crippen LogP contribution in [0.3, 0.4) is 0 Å². The van der Waals surface area contributed by atoms with E-state index in [2.05, 4.69) is 10.8 Å². The van der Waals surface area contributed by atoms with Crippen molar-refractivity contribution in [2.24, 2.45) is 16.8 Å². The van der Waals surface area contributed by atoms with Crippen LogP contribution in [0, 0.1) is 5.92 Å². The maximum absolute atomic E-state index is 10.8. The summed E-state index contributed by atoms with van der Waals surface area (Å²) in [5, 5.41) is 3.29. The molecule has 0 saturated heterocycles. The first-order chi connectivity index (χ1) is 5.04. The van der Waals surface area contributed by atoms with E-state index in [1.807, 2.05) is 5.43 Å². The molecule has 0 heterocycles. The zero-order valence-corrected chi connectivity index (χ0v) is 6.50. The average Bonchev–Trinajstić information content (AvgIpc) is 1.86. The molecule has 11 heavy (non-hydrogen) atoms. The molecule has 0 aliphatic carbocycles. The fourth-order valence-corrected chi connectivity index (χ4v) is 0.309. The SMILES string of the molecule is CC(C)C(=O)/C=N/NC(N)=O. The summed E-state index contributed by atoms with van der Waals surface area (Å²) in [6.45, 7) is 3.47. The van der Waals surface area contributed by atoms with Crippen LogP contribution >= 0.6 is 0 Å². The maximum atomic E-state index is 10.8. The van der Waals surface area contributed by atoms with Crippen molar-refractivity contribution in [2.45, 2.75) is 13.8 Å². The van der Waals surface area contributed by atoms with E-state index in [0.29, 0.717) is 0 Å². The van der Waals surface area contributed by atoms with Gasteiger partial charge in [0.2, 0.25) is 0 Å². The highest BCUT2D eigenvalue weighted by atomic mass is 16.2. The normalized spacial score (nSPS) is 10.5. The van der Waals surface area contributed by atoms with Crippen LogP contribution in [0.2, 0.25) is 0 Å². The predicted octanol–water partition coefficient (Wildman–Crippen LogP) is -0.134. The van der Waals surface area contributed by atoms with E-state index in [1.54, 1.807) is 13.8 Å². The molecular weight excluding hydrogens is 146 g/mol. The van der Waals surface area contributed by atoms with Gasteiger partial charge in [-0.2, -0.15) is 5.10 Å². The number of carbonyl (C=O) groups excluding carboxylic acids is 2. The van der Waals surface area contributed by atoms with Gasteiger partial charge >= 0.3 is 6.03 Å². The molecule has 0 radical (unpaired) electrons. The van der Waals surface area contributed by atoms with Gasteiger partial charge in [0.25, 0.3) is 0 Å². The second-order valence-corrected chi connectivity index (χ2v) is 2.29. The number of primary amides is 1. The van der Waals surface area contributed by atoms with Crippen molar-refractivity contribution in [1.82, 2.24) is 5.43 Å². The molecular formula is C6H11N3O2. The summed E-state index contributed by atoms with van der Waals surface area (Å²) >= 11 is 0.